The monoisotopic (exact) mass is 388 g/mol. The van der Waals surface area contributed by atoms with Gasteiger partial charge in [0.1, 0.15) is 23.3 Å². The molecule has 0 unspecified atom stereocenters. The van der Waals surface area contributed by atoms with Crippen molar-refractivity contribution in [2.24, 2.45) is 0 Å². The normalized spacial score (nSPS) is 9.97. The van der Waals surface area contributed by atoms with E-state index in [0.29, 0.717) is 22.7 Å². The highest BCUT2D eigenvalue weighted by Crippen LogP contribution is 2.33. The van der Waals surface area contributed by atoms with Crippen LogP contribution in [0.1, 0.15) is 5.56 Å². The van der Waals surface area contributed by atoms with Gasteiger partial charge in [-0.3, -0.25) is 4.79 Å². The van der Waals surface area contributed by atoms with Gasteiger partial charge in [-0.05, 0) is 48.0 Å². The van der Waals surface area contributed by atoms with Crippen molar-refractivity contribution in [3.8, 4) is 34.4 Å². The topological polar surface area (TPSA) is 80.6 Å². The molecule has 0 aromatic heterocycles. The van der Waals surface area contributed by atoms with Crippen LogP contribution in [0.5, 0.6) is 17.2 Å². The molecule has 3 rings (SSSR count). The summed E-state index contributed by atoms with van der Waals surface area (Å²) in [6.07, 6.45) is 0. The van der Waals surface area contributed by atoms with Crippen molar-refractivity contribution < 1.29 is 19.0 Å². The number of hydrogen-bond donors (Lipinski definition) is 1. The molecule has 6 nitrogen and oxygen atoms in total. The van der Waals surface area contributed by atoms with Gasteiger partial charge in [-0.2, -0.15) is 5.26 Å². The van der Waals surface area contributed by atoms with Gasteiger partial charge in [0.05, 0.1) is 19.8 Å². The molecule has 0 bridgehead atoms. The van der Waals surface area contributed by atoms with Crippen LogP contribution >= 0.6 is 0 Å². The smallest absolute Gasteiger partial charge is 0.262 e. The largest absolute Gasteiger partial charge is 0.497 e. The van der Waals surface area contributed by atoms with Gasteiger partial charge >= 0.3 is 0 Å². The maximum atomic E-state index is 12.3. The van der Waals surface area contributed by atoms with Gasteiger partial charge in [-0.25, -0.2) is 0 Å². The van der Waals surface area contributed by atoms with Gasteiger partial charge in [0, 0.05) is 11.3 Å². The number of nitrogens with one attached hydrogen (secondary N) is 1. The van der Waals surface area contributed by atoms with E-state index in [0.717, 1.165) is 16.9 Å². The van der Waals surface area contributed by atoms with Gasteiger partial charge in [0.2, 0.25) is 0 Å². The van der Waals surface area contributed by atoms with Gasteiger partial charge in [-0.15, -0.1) is 0 Å². The number of nitrogens with zero attached hydrogens (tertiary/aromatic N) is 1. The maximum Gasteiger partial charge on any atom is 0.262 e. The minimum Gasteiger partial charge on any atom is -0.497 e. The highest BCUT2D eigenvalue weighted by atomic mass is 16.5. The molecule has 0 atom stereocenters. The van der Waals surface area contributed by atoms with Crippen molar-refractivity contribution in [1.82, 2.24) is 0 Å². The zero-order valence-electron chi connectivity index (χ0n) is 16.1. The van der Waals surface area contributed by atoms with Crippen LogP contribution in [0.15, 0.2) is 66.7 Å². The summed E-state index contributed by atoms with van der Waals surface area (Å²) in [6, 6.07) is 21.8. The molecule has 0 saturated carbocycles. The van der Waals surface area contributed by atoms with Gasteiger partial charge in [-0.1, -0.05) is 24.3 Å². The minimum atomic E-state index is -0.330. The molecule has 0 saturated heterocycles. The lowest BCUT2D eigenvalue weighted by atomic mass is 10.0. The zero-order chi connectivity index (χ0) is 20.6. The Balaban J connectivity index is 1.73. The molecule has 29 heavy (non-hydrogen) atoms. The van der Waals surface area contributed by atoms with Gasteiger partial charge in [0.25, 0.3) is 5.91 Å². The standard InChI is InChI=1S/C23H20N2O4/c1-27-19-10-7-16(8-11-19)20-13-18(9-12-22(20)28-2)25-23(26)15-29-21-6-4-3-5-17(21)14-24/h3-13H,15H2,1-2H3,(H,25,26). The molecule has 146 valence electrons. The number of carbonyl (C=O) groups excluding carboxylic acids is 1. The number of rotatable bonds is 7. The highest BCUT2D eigenvalue weighted by molar-refractivity contribution is 5.93. The number of amides is 1. The summed E-state index contributed by atoms with van der Waals surface area (Å²) >= 11 is 0. The highest BCUT2D eigenvalue weighted by Gasteiger charge is 2.11. The minimum absolute atomic E-state index is 0.206. The Labute approximate surface area is 169 Å². The second-order valence-electron chi connectivity index (χ2n) is 6.09. The molecular weight excluding hydrogens is 368 g/mol. The summed E-state index contributed by atoms with van der Waals surface area (Å²) in [5, 5.41) is 11.9. The Bertz CT molecular complexity index is 1040. The Hall–Kier alpha value is -3.98. The molecular formula is C23H20N2O4. The van der Waals surface area contributed by atoms with Crippen molar-refractivity contribution in [2.45, 2.75) is 0 Å². The van der Waals surface area contributed by atoms with E-state index in [1.807, 2.05) is 36.4 Å². The molecule has 1 amide bonds. The van der Waals surface area contributed by atoms with Crippen molar-refractivity contribution in [3.63, 3.8) is 0 Å². The molecule has 3 aromatic carbocycles. The van der Waals surface area contributed by atoms with Crippen LogP contribution in [0.2, 0.25) is 0 Å². The van der Waals surface area contributed by atoms with E-state index in [-0.39, 0.29) is 12.5 Å². The van der Waals surface area contributed by atoms with E-state index < -0.39 is 0 Å². The molecule has 6 heteroatoms. The number of methoxy groups -OCH3 is 2. The molecule has 0 aliphatic rings. The second kappa shape index (κ2) is 9.29. The molecule has 0 radical (unpaired) electrons. The first-order chi connectivity index (χ1) is 14.1. The summed E-state index contributed by atoms with van der Waals surface area (Å²) in [6.45, 7) is -0.206. The van der Waals surface area contributed by atoms with Crippen molar-refractivity contribution in [1.29, 1.82) is 5.26 Å². The first kappa shape index (κ1) is 19.8. The Kier molecular flexibility index (Phi) is 6.33. The van der Waals surface area contributed by atoms with Crippen LogP contribution in [0.4, 0.5) is 5.69 Å². The third-order valence-corrected chi connectivity index (χ3v) is 4.25. The summed E-state index contributed by atoms with van der Waals surface area (Å²) in [7, 11) is 3.21. The SMILES string of the molecule is COc1ccc(-c2cc(NC(=O)COc3ccccc3C#N)ccc2OC)cc1. The summed E-state index contributed by atoms with van der Waals surface area (Å²) in [5.41, 5.74) is 2.76. The quantitative estimate of drug-likeness (QED) is 0.654. The average molecular weight is 388 g/mol. The van der Waals surface area contributed by atoms with Crippen LogP contribution < -0.4 is 19.5 Å². The average Bonchev–Trinajstić information content (AvgIpc) is 2.78. The fourth-order valence-corrected chi connectivity index (χ4v) is 2.81. The Morgan fingerprint density at radius 1 is 0.966 bits per heavy atom. The zero-order valence-corrected chi connectivity index (χ0v) is 16.1. The lowest BCUT2D eigenvalue weighted by Gasteiger charge is -2.13. The van der Waals surface area contributed by atoms with Gasteiger partial charge in [0.15, 0.2) is 6.61 Å². The number of carbonyl (C=O) groups is 1. The van der Waals surface area contributed by atoms with E-state index in [9.17, 15) is 4.79 Å². The first-order valence-electron chi connectivity index (χ1n) is 8.89. The van der Waals surface area contributed by atoms with Crippen LogP contribution in [-0.4, -0.2) is 26.7 Å². The first-order valence-corrected chi connectivity index (χ1v) is 8.89. The molecule has 0 heterocycles. The number of para-hydroxylation sites is 1. The maximum absolute atomic E-state index is 12.3. The van der Waals surface area contributed by atoms with Crippen molar-refractivity contribution >= 4 is 11.6 Å². The van der Waals surface area contributed by atoms with E-state index >= 15 is 0 Å². The summed E-state index contributed by atoms with van der Waals surface area (Å²) in [4.78, 5) is 12.3. The number of hydrogen-bond acceptors (Lipinski definition) is 5. The molecule has 0 spiro atoms. The van der Waals surface area contributed by atoms with E-state index in [2.05, 4.69) is 5.32 Å². The summed E-state index contributed by atoms with van der Waals surface area (Å²) < 4.78 is 16.1. The number of nitriles is 1. The Morgan fingerprint density at radius 2 is 1.72 bits per heavy atom. The molecule has 0 aliphatic heterocycles. The van der Waals surface area contributed by atoms with Crippen LogP contribution in [0.25, 0.3) is 11.1 Å². The lowest BCUT2D eigenvalue weighted by Crippen LogP contribution is -2.20. The number of benzene rings is 3. The second-order valence-corrected chi connectivity index (χ2v) is 6.09. The fourth-order valence-electron chi connectivity index (χ4n) is 2.81. The van der Waals surface area contributed by atoms with Crippen LogP contribution in [0.3, 0.4) is 0 Å². The van der Waals surface area contributed by atoms with Crippen LogP contribution in [-0.2, 0) is 4.79 Å². The molecule has 0 fully saturated rings. The van der Waals surface area contributed by atoms with Crippen molar-refractivity contribution in [2.75, 3.05) is 26.1 Å². The number of ether oxygens (including phenoxy) is 3. The molecule has 0 aliphatic carbocycles. The van der Waals surface area contributed by atoms with E-state index in [4.69, 9.17) is 19.5 Å². The van der Waals surface area contributed by atoms with E-state index in [1.54, 1.807) is 50.6 Å². The predicted octanol–water partition coefficient (Wildman–Crippen LogP) is 4.26. The van der Waals surface area contributed by atoms with Crippen molar-refractivity contribution in [3.05, 3.63) is 72.3 Å². The lowest BCUT2D eigenvalue weighted by molar-refractivity contribution is -0.118. The van der Waals surface area contributed by atoms with Gasteiger partial charge < -0.3 is 19.5 Å². The van der Waals surface area contributed by atoms with E-state index in [1.165, 1.54) is 0 Å². The number of anilines is 1. The third kappa shape index (κ3) is 4.85. The molecule has 1 N–H and O–H groups in total. The third-order valence-electron chi connectivity index (χ3n) is 4.25. The predicted molar refractivity (Wildman–Crippen MR) is 110 cm³/mol. The van der Waals surface area contributed by atoms with Crippen LogP contribution in [0, 0.1) is 11.3 Å². The summed E-state index contributed by atoms with van der Waals surface area (Å²) in [5.74, 6) is 1.49. The Morgan fingerprint density at radius 3 is 2.41 bits per heavy atom. The fraction of sp³-hybridized carbons (Fsp3) is 0.130. The molecule has 3 aromatic rings.